The van der Waals surface area contributed by atoms with Gasteiger partial charge in [-0.3, -0.25) is 0 Å². The van der Waals surface area contributed by atoms with Gasteiger partial charge in [-0.05, 0) is 85.5 Å². The van der Waals surface area contributed by atoms with Crippen molar-refractivity contribution in [3.05, 3.63) is 181 Å². The molecule has 15 aromatic rings. The molecule has 0 fully saturated rings. The number of para-hydroxylation sites is 6. The molecule has 0 aliphatic heterocycles. The highest BCUT2D eigenvalue weighted by Crippen LogP contribution is 2.51. The summed E-state index contributed by atoms with van der Waals surface area (Å²) >= 11 is 0. The molecule has 9 aromatic carbocycles. The minimum Gasteiger partial charge on any atom is -0.309 e. The molecule has 0 aliphatic carbocycles. The van der Waals surface area contributed by atoms with E-state index in [2.05, 4.69) is 127 Å². The van der Waals surface area contributed by atoms with Crippen molar-refractivity contribution in [1.82, 2.24) is 17.9 Å². The Hall–Kier alpha value is -7.82. The second-order valence-corrected chi connectivity index (χ2v) is 16.4. The predicted octanol–water partition coefficient (Wildman–Crippen LogP) is 14.8. The fraction of sp³-hybridized carbons (Fsp3) is 0.0357. The zero-order valence-electron chi connectivity index (χ0n) is 38.0. The van der Waals surface area contributed by atoms with Gasteiger partial charge in [-0.2, -0.15) is 0 Å². The Morgan fingerprint density at radius 1 is 0.283 bits per heavy atom. The predicted molar refractivity (Wildman–Crippen MR) is 254 cm³/mol. The molecule has 0 saturated carbocycles. The summed E-state index contributed by atoms with van der Waals surface area (Å²) in [7, 11) is 0. The highest BCUT2D eigenvalue weighted by atomic mass is 15.0. The molecule has 0 amide bonds. The van der Waals surface area contributed by atoms with Crippen LogP contribution in [0.5, 0.6) is 0 Å². The average Bonchev–Trinajstić information content (AvgIpc) is 4.16. The van der Waals surface area contributed by atoms with Crippen molar-refractivity contribution in [3.8, 4) is 11.4 Å². The molecule has 0 bridgehead atoms. The summed E-state index contributed by atoms with van der Waals surface area (Å²) in [6.45, 7) is -5.28. The van der Waals surface area contributed by atoms with Crippen LogP contribution in [0.4, 0.5) is 0 Å². The molecule has 0 spiro atoms. The lowest BCUT2D eigenvalue weighted by Crippen LogP contribution is -1.93. The van der Waals surface area contributed by atoms with Crippen molar-refractivity contribution in [1.29, 1.82) is 0 Å². The van der Waals surface area contributed by atoms with E-state index in [-0.39, 0.29) is 11.1 Å². The van der Waals surface area contributed by atoms with E-state index in [0.29, 0.717) is 21.8 Å². The number of aryl methyl sites for hydroxylation is 2. The lowest BCUT2D eigenvalue weighted by Gasteiger charge is -2.11. The monoisotopic (exact) mass is 768 g/mol. The SMILES string of the molecule is [2H]C([2H])([2H])c1c2c3cccc4c5c6c7ccccc7n(-c7ccccc7)c6ccc5n(c2c(C([2H])([2H])[2H])c2c5cccc6c7c8c9ccccc9n(-c9ccccc9)c8ccc7n(c12)c56)c34. The Balaban J connectivity index is 1.18. The maximum Gasteiger partial charge on any atom is 0.0620 e. The molecule has 6 heterocycles. The van der Waals surface area contributed by atoms with Crippen LogP contribution in [0.1, 0.15) is 19.4 Å². The molecular weight excluding hydrogens is 729 g/mol. The molecule has 4 heteroatoms. The van der Waals surface area contributed by atoms with Gasteiger partial charge < -0.3 is 17.9 Å². The van der Waals surface area contributed by atoms with E-state index in [1.165, 1.54) is 0 Å². The van der Waals surface area contributed by atoms with E-state index < -0.39 is 13.7 Å². The Bertz CT molecular complexity index is 4290. The van der Waals surface area contributed by atoms with Crippen molar-refractivity contribution in [2.24, 2.45) is 0 Å². The minimum absolute atomic E-state index is 0.161. The molecule has 0 saturated heterocycles. The zero-order chi connectivity index (χ0) is 44.1. The quantitative estimate of drug-likeness (QED) is 0.167. The second kappa shape index (κ2) is 10.6. The third kappa shape index (κ3) is 3.43. The fourth-order valence-electron chi connectivity index (χ4n) is 11.5. The largest absolute Gasteiger partial charge is 0.309 e. The van der Waals surface area contributed by atoms with Gasteiger partial charge in [0.05, 0.1) is 55.2 Å². The minimum atomic E-state index is -2.64. The van der Waals surface area contributed by atoms with Gasteiger partial charge >= 0.3 is 0 Å². The van der Waals surface area contributed by atoms with Crippen molar-refractivity contribution >= 4 is 120 Å². The average molecular weight is 769 g/mol. The molecule has 0 unspecified atom stereocenters. The summed E-state index contributed by atoms with van der Waals surface area (Å²) in [6.07, 6.45) is 0. The summed E-state index contributed by atoms with van der Waals surface area (Å²) in [5, 5.41) is 10.5. The maximum atomic E-state index is 9.50. The lowest BCUT2D eigenvalue weighted by molar-refractivity contribution is 1.18. The Morgan fingerprint density at radius 2 is 0.633 bits per heavy atom. The standard InChI is InChI=1S/C56H34N4/c1-31-47-37-21-13-23-39-52-46(30-28-44-50(52)36-20-10-12-26-42(36)58(44)34-17-7-4-8-18-34)60(55(37)39)54(47)32(2)48-38-22-14-24-40-51-45(59(53(31)48)56(38)40)29-27-43-49(51)35-19-9-11-25-41(35)57(43)33-15-5-3-6-16-33/h3-30H,1-2H3/i1D3,2D3. The van der Waals surface area contributed by atoms with E-state index in [9.17, 15) is 8.22 Å². The summed E-state index contributed by atoms with van der Waals surface area (Å²) in [5.41, 5.74) is 10.8. The molecule has 6 aromatic heterocycles. The van der Waals surface area contributed by atoms with Crippen LogP contribution in [-0.4, -0.2) is 17.9 Å². The van der Waals surface area contributed by atoms with Gasteiger partial charge in [-0.1, -0.05) is 109 Å². The number of aromatic nitrogens is 4. The van der Waals surface area contributed by atoms with Gasteiger partial charge in [0.1, 0.15) is 0 Å². The highest BCUT2D eigenvalue weighted by molar-refractivity contribution is 6.37. The van der Waals surface area contributed by atoms with Crippen LogP contribution in [0, 0.1) is 13.7 Å². The molecule has 60 heavy (non-hydrogen) atoms. The van der Waals surface area contributed by atoms with Crippen LogP contribution < -0.4 is 0 Å². The van der Waals surface area contributed by atoms with Crippen molar-refractivity contribution < 1.29 is 8.22 Å². The first-order valence-corrected chi connectivity index (χ1v) is 20.5. The molecule has 0 N–H and O–H groups in total. The summed E-state index contributed by atoms with van der Waals surface area (Å²) in [4.78, 5) is 0. The first-order valence-electron chi connectivity index (χ1n) is 23.5. The molecular formula is C56H34N4. The third-order valence-electron chi connectivity index (χ3n) is 13.6. The number of hydrogen-bond donors (Lipinski definition) is 0. The molecule has 0 atom stereocenters. The third-order valence-corrected chi connectivity index (χ3v) is 13.6. The van der Waals surface area contributed by atoms with Gasteiger partial charge in [0.25, 0.3) is 0 Å². The molecule has 0 radical (unpaired) electrons. The van der Waals surface area contributed by atoms with Gasteiger partial charge in [0, 0.05) is 84.2 Å². The van der Waals surface area contributed by atoms with E-state index in [0.717, 1.165) is 109 Å². The van der Waals surface area contributed by atoms with E-state index in [1.54, 1.807) is 0 Å². The Kier molecular flexibility index (Phi) is 4.64. The fourth-order valence-corrected chi connectivity index (χ4v) is 11.5. The summed E-state index contributed by atoms with van der Waals surface area (Å²) < 4.78 is 65.7. The Morgan fingerprint density at radius 3 is 1.07 bits per heavy atom. The number of hydrogen-bond acceptors (Lipinski definition) is 0. The number of benzene rings is 9. The van der Waals surface area contributed by atoms with Gasteiger partial charge in [0.15, 0.2) is 0 Å². The van der Waals surface area contributed by atoms with Gasteiger partial charge in [-0.15, -0.1) is 0 Å². The second-order valence-electron chi connectivity index (χ2n) is 16.4. The van der Waals surface area contributed by atoms with E-state index in [1.807, 2.05) is 60.7 Å². The number of nitrogens with zero attached hydrogens (tertiary/aromatic N) is 4. The van der Waals surface area contributed by atoms with Crippen LogP contribution >= 0.6 is 0 Å². The topological polar surface area (TPSA) is 18.7 Å². The van der Waals surface area contributed by atoms with Crippen molar-refractivity contribution in [3.63, 3.8) is 0 Å². The first kappa shape index (κ1) is 26.2. The molecule has 0 aliphatic rings. The number of rotatable bonds is 2. The summed E-state index contributed by atoms with van der Waals surface area (Å²) in [6, 6.07) is 58.1. The first-order chi connectivity index (χ1) is 32.1. The van der Waals surface area contributed by atoms with Crippen LogP contribution in [0.15, 0.2) is 170 Å². The molecule has 278 valence electrons. The summed E-state index contributed by atoms with van der Waals surface area (Å²) in [5.74, 6) is 0. The lowest BCUT2D eigenvalue weighted by atomic mass is 9.96. The van der Waals surface area contributed by atoms with Gasteiger partial charge in [0.2, 0.25) is 0 Å². The van der Waals surface area contributed by atoms with Gasteiger partial charge in [-0.25, -0.2) is 0 Å². The number of fused-ring (bicyclic) bond motifs is 20. The van der Waals surface area contributed by atoms with Crippen LogP contribution in [-0.2, 0) is 0 Å². The van der Waals surface area contributed by atoms with Crippen LogP contribution in [0.2, 0.25) is 0 Å². The highest BCUT2D eigenvalue weighted by Gasteiger charge is 2.29. The zero-order valence-corrected chi connectivity index (χ0v) is 32.0. The Labute approximate surface area is 351 Å². The smallest absolute Gasteiger partial charge is 0.0620 e. The van der Waals surface area contributed by atoms with Crippen LogP contribution in [0.25, 0.3) is 131 Å². The van der Waals surface area contributed by atoms with E-state index >= 15 is 0 Å². The molecule has 4 nitrogen and oxygen atoms in total. The van der Waals surface area contributed by atoms with Crippen LogP contribution in [0.3, 0.4) is 0 Å². The van der Waals surface area contributed by atoms with E-state index in [4.69, 9.17) is 0 Å². The van der Waals surface area contributed by atoms with Crippen molar-refractivity contribution in [2.75, 3.05) is 0 Å². The maximum absolute atomic E-state index is 9.50. The normalized spacial score (nSPS) is 14.7. The van der Waals surface area contributed by atoms with Crippen molar-refractivity contribution in [2.45, 2.75) is 13.7 Å². The molecule has 15 rings (SSSR count).